The molecule has 0 aromatic heterocycles. The number of rotatable bonds is 3. The predicted molar refractivity (Wildman–Crippen MR) is 64.2 cm³/mol. The van der Waals surface area contributed by atoms with Gasteiger partial charge in [-0.1, -0.05) is 26.8 Å². The van der Waals surface area contributed by atoms with Gasteiger partial charge in [0.15, 0.2) is 0 Å². The van der Waals surface area contributed by atoms with Crippen LogP contribution in [0.1, 0.15) is 44.7 Å². The molecule has 1 aromatic carbocycles. The van der Waals surface area contributed by atoms with Crippen molar-refractivity contribution < 1.29 is 4.79 Å². The third-order valence-corrected chi connectivity index (χ3v) is 2.47. The fraction of sp³-hybridized carbons (Fsp3) is 0.462. The summed E-state index contributed by atoms with van der Waals surface area (Å²) in [6.45, 7) is 8.04. The Labute approximate surface area is 91.7 Å². The predicted octanol–water partition coefficient (Wildman–Crippen LogP) is 3.33. The van der Waals surface area contributed by atoms with Gasteiger partial charge in [0.05, 0.1) is 0 Å². The van der Waals surface area contributed by atoms with Crippen LogP contribution in [-0.4, -0.2) is 5.91 Å². The smallest absolute Gasteiger partial charge is 0.221 e. The molecule has 0 bridgehead atoms. The van der Waals surface area contributed by atoms with E-state index in [2.05, 4.69) is 38.2 Å². The lowest BCUT2D eigenvalue weighted by Gasteiger charge is -2.13. The average Bonchev–Trinajstić information content (AvgIpc) is 2.16. The Kier molecular flexibility index (Phi) is 3.89. The molecule has 0 aliphatic rings. The molecule has 0 fully saturated rings. The minimum absolute atomic E-state index is 0.0191. The van der Waals surface area contributed by atoms with Crippen LogP contribution in [0.25, 0.3) is 0 Å². The van der Waals surface area contributed by atoms with Crippen LogP contribution in [0.3, 0.4) is 0 Å². The van der Waals surface area contributed by atoms with E-state index >= 15 is 0 Å². The van der Waals surface area contributed by atoms with Crippen LogP contribution < -0.4 is 5.32 Å². The van der Waals surface area contributed by atoms with Gasteiger partial charge < -0.3 is 5.32 Å². The van der Waals surface area contributed by atoms with Gasteiger partial charge in [0, 0.05) is 12.6 Å². The molecule has 1 aromatic rings. The van der Waals surface area contributed by atoms with Crippen molar-refractivity contribution >= 4 is 11.6 Å². The fourth-order valence-electron chi connectivity index (χ4n) is 1.76. The van der Waals surface area contributed by atoms with Crippen LogP contribution in [0.4, 0.5) is 5.69 Å². The first-order valence-electron chi connectivity index (χ1n) is 5.45. The SMILES string of the molecule is CCc1cc(NC(C)=O)ccc1C(C)C. The van der Waals surface area contributed by atoms with Crippen LogP contribution in [-0.2, 0) is 11.2 Å². The van der Waals surface area contributed by atoms with Crippen molar-refractivity contribution in [1.29, 1.82) is 0 Å². The van der Waals surface area contributed by atoms with E-state index in [1.165, 1.54) is 18.1 Å². The average molecular weight is 205 g/mol. The van der Waals surface area contributed by atoms with Crippen LogP contribution in [0, 0.1) is 0 Å². The Morgan fingerprint density at radius 1 is 1.40 bits per heavy atom. The van der Waals surface area contributed by atoms with E-state index in [9.17, 15) is 4.79 Å². The van der Waals surface area contributed by atoms with Crippen molar-refractivity contribution in [1.82, 2.24) is 0 Å². The molecule has 1 amide bonds. The van der Waals surface area contributed by atoms with Gasteiger partial charge in [-0.3, -0.25) is 4.79 Å². The fourth-order valence-corrected chi connectivity index (χ4v) is 1.76. The molecular weight excluding hydrogens is 186 g/mol. The minimum Gasteiger partial charge on any atom is -0.326 e. The Morgan fingerprint density at radius 2 is 2.07 bits per heavy atom. The molecule has 0 radical (unpaired) electrons. The first-order chi connectivity index (χ1) is 7.04. The summed E-state index contributed by atoms with van der Waals surface area (Å²) in [7, 11) is 0. The van der Waals surface area contributed by atoms with E-state index in [1.807, 2.05) is 6.07 Å². The van der Waals surface area contributed by atoms with Crippen LogP contribution in [0.2, 0.25) is 0 Å². The first-order valence-corrected chi connectivity index (χ1v) is 5.45. The molecular formula is C13H19NO. The Bertz CT molecular complexity index is 356. The number of hydrogen-bond acceptors (Lipinski definition) is 1. The van der Waals surface area contributed by atoms with Crippen molar-refractivity contribution in [2.75, 3.05) is 5.32 Å². The summed E-state index contributed by atoms with van der Waals surface area (Å²) in [6.07, 6.45) is 1.00. The second-order valence-corrected chi connectivity index (χ2v) is 4.10. The summed E-state index contributed by atoms with van der Waals surface area (Å²) >= 11 is 0. The van der Waals surface area contributed by atoms with Crippen LogP contribution in [0.5, 0.6) is 0 Å². The maximum Gasteiger partial charge on any atom is 0.221 e. The maximum absolute atomic E-state index is 10.9. The highest BCUT2D eigenvalue weighted by atomic mass is 16.1. The van der Waals surface area contributed by atoms with Gasteiger partial charge >= 0.3 is 0 Å². The molecule has 0 atom stereocenters. The molecule has 2 heteroatoms. The first kappa shape index (κ1) is 11.8. The lowest BCUT2D eigenvalue weighted by molar-refractivity contribution is -0.114. The molecule has 1 N–H and O–H groups in total. The molecule has 0 aliphatic heterocycles. The highest BCUT2D eigenvalue weighted by molar-refractivity contribution is 5.88. The topological polar surface area (TPSA) is 29.1 Å². The Hall–Kier alpha value is -1.31. The third kappa shape index (κ3) is 3.08. The lowest BCUT2D eigenvalue weighted by Crippen LogP contribution is -2.06. The summed E-state index contributed by atoms with van der Waals surface area (Å²) in [4.78, 5) is 10.9. The molecule has 0 aliphatic carbocycles. The summed E-state index contributed by atoms with van der Waals surface area (Å²) in [5.41, 5.74) is 3.58. The molecule has 2 nitrogen and oxygen atoms in total. The molecule has 15 heavy (non-hydrogen) atoms. The number of benzene rings is 1. The van der Waals surface area contributed by atoms with Crippen molar-refractivity contribution in [3.05, 3.63) is 29.3 Å². The van der Waals surface area contributed by atoms with Gasteiger partial charge in [0.1, 0.15) is 0 Å². The molecule has 0 unspecified atom stereocenters. The van der Waals surface area contributed by atoms with E-state index < -0.39 is 0 Å². The number of nitrogens with one attached hydrogen (secondary N) is 1. The van der Waals surface area contributed by atoms with Gasteiger partial charge in [0.25, 0.3) is 0 Å². The molecule has 0 heterocycles. The molecule has 1 rings (SSSR count). The zero-order valence-corrected chi connectivity index (χ0v) is 9.92. The van der Waals surface area contributed by atoms with Crippen molar-refractivity contribution in [3.63, 3.8) is 0 Å². The number of carbonyl (C=O) groups excluding carboxylic acids is 1. The van der Waals surface area contributed by atoms with Gasteiger partial charge in [-0.2, -0.15) is 0 Å². The molecule has 0 saturated carbocycles. The highest BCUT2D eigenvalue weighted by Gasteiger charge is 2.06. The third-order valence-electron chi connectivity index (χ3n) is 2.47. The standard InChI is InChI=1S/C13H19NO/c1-5-11-8-12(14-10(4)15)6-7-13(11)9(2)3/h6-9H,5H2,1-4H3,(H,14,15). The second-order valence-electron chi connectivity index (χ2n) is 4.10. The van der Waals surface area contributed by atoms with Gasteiger partial charge in [-0.15, -0.1) is 0 Å². The number of hydrogen-bond donors (Lipinski definition) is 1. The minimum atomic E-state index is -0.0191. The van der Waals surface area contributed by atoms with E-state index in [0.29, 0.717) is 5.92 Å². The van der Waals surface area contributed by atoms with Crippen molar-refractivity contribution in [2.45, 2.75) is 40.0 Å². The number of aryl methyl sites for hydroxylation is 1. The highest BCUT2D eigenvalue weighted by Crippen LogP contribution is 2.23. The monoisotopic (exact) mass is 205 g/mol. The molecule has 82 valence electrons. The van der Waals surface area contributed by atoms with Gasteiger partial charge in [0.2, 0.25) is 5.91 Å². The summed E-state index contributed by atoms with van der Waals surface area (Å²) in [5.74, 6) is 0.515. The molecule has 0 spiro atoms. The van der Waals surface area contributed by atoms with E-state index in [4.69, 9.17) is 0 Å². The summed E-state index contributed by atoms with van der Waals surface area (Å²) in [6, 6.07) is 6.14. The normalized spacial score (nSPS) is 10.5. The molecule has 0 saturated heterocycles. The summed E-state index contributed by atoms with van der Waals surface area (Å²) < 4.78 is 0. The van der Waals surface area contributed by atoms with Crippen molar-refractivity contribution in [2.24, 2.45) is 0 Å². The number of anilines is 1. The quantitative estimate of drug-likeness (QED) is 0.805. The van der Waals surface area contributed by atoms with E-state index in [1.54, 1.807) is 0 Å². The number of carbonyl (C=O) groups is 1. The zero-order valence-electron chi connectivity index (χ0n) is 9.92. The summed E-state index contributed by atoms with van der Waals surface area (Å²) in [5, 5.41) is 2.81. The second kappa shape index (κ2) is 4.96. The van der Waals surface area contributed by atoms with Crippen LogP contribution >= 0.6 is 0 Å². The largest absolute Gasteiger partial charge is 0.326 e. The van der Waals surface area contributed by atoms with E-state index in [-0.39, 0.29) is 5.91 Å². The van der Waals surface area contributed by atoms with E-state index in [0.717, 1.165) is 12.1 Å². The Morgan fingerprint density at radius 3 is 2.53 bits per heavy atom. The lowest BCUT2D eigenvalue weighted by atomic mass is 9.95. The number of amides is 1. The zero-order chi connectivity index (χ0) is 11.4. The van der Waals surface area contributed by atoms with Gasteiger partial charge in [-0.25, -0.2) is 0 Å². The van der Waals surface area contributed by atoms with Crippen molar-refractivity contribution in [3.8, 4) is 0 Å². The van der Waals surface area contributed by atoms with Gasteiger partial charge in [-0.05, 0) is 35.6 Å². The van der Waals surface area contributed by atoms with Crippen LogP contribution in [0.15, 0.2) is 18.2 Å². The maximum atomic E-state index is 10.9. The Balaban J connectivity index is 3.02.